The first-order valence-corrected chi connectivity index (χ1v) is 7.80. The molecule has 0 aliphatic carbocycles. The van der Waals surface area contributed by atoms with E-state index >= 15 is 0 Å². The topological polar surface area (TPSA) is 77.8 Å². The number of amides is 1. The quantitative estimate of drug-likeness (QED) is 0.781. The molecule has 3 heterocycles. The van der Waals surface area contributed by atoms with E-state index in [0.717, 1.165) is 0 Å². The molecule has 0 saturated carbocycles. The number of hydrogen-bond acceptors (Lipinski definition) is 5. The first kappa shape index (κ1) is 15.5. The van der Waals surface area contributed by atoms with Crippen LogP contribution in [0.2, 0.25) is 0 Å². The lowest BCUT2D eigenvalue weighted by Crippen LogP contribution is -2.26. The number of pyridine rings is 1. The third-order valence-electron chi connectivity index (χ3n) is 3.98. The Balaban J connectivity index is 1.43. The number of hydrogen-bond donors (Lipinski definition) is 1. The molecule has 0 atom stereocenters. The van der Waals surface area contributed by atoms with Gasteiger partial charge in [-0.05, 0) is 36.2 Å². The maximum absolute atomic E-state index is 13.7. The van der Waals surface area contributed by atoms with Crippen molar-refractivity contribution in [3.8, 4) is 5.75 Å². The van der Waals surface area contributed by atoms with Crippen LogP contribution in [0.4, 0.5) is 4.39 Å². The zero-order valence-electron chi connectivity index (χ0n) is 13.2. The summed E-state index contributed by atoms with van der Waals surface area (Å²) in [5, 5.41) is 10.5. The van der Waals surface area contributed by atoms with Crippen molar-refractivity contribution in [2.75, 3.05) is 13.3 Å². The van der Waals surface area contributed by atoms with Crippen LogP contribution in [-0.4, -0.2) is 33.8 Å². The van der Waals surface area contributed by atoms with Crippen LogP contribution >= 0.6 is 0 Å². The zero-order chi connectivity index (χ0) is 17.2. The number of carbonyl (C=O) groups is 1. The molecule has 7 nitrogen and oxygen atoms in total. The fraction of sp³-hybridized carbons (Fsp3) is 0.235. The van der Waals surface area contributed by atoms with Crippen molar-refractivity contribution in [2.24, 2.45) is 0 Å². The van der Waals surface area contributed by atoms with E-state index in [2.05, 4.69) is 15.5 Å². The van der Waals surface area contributed by atoms with Crippen LogP contribution in [0.3, 0.4) is 0 Å². The molecule has 0 fully saturated rings. The van der Waals surface area contributed by atoms with Crippen molar-refractivity contribution < 1.29 is 18.7 Å². The van der Waals surface area contributed by atoms with E-state index in [9.17, 15) is 9.18 Å². The maximum atomic E-state index is 13.7. The lowest BCUT2D eigenvalue weighted by Gasteiger charge is -2.21. The third kappa shape index (κ3) is 3.16. The molecule has 25 heavy (non-hydrogen) atoms. The molecule has 1 amide bonds. The largest absolute Gasteiger partial charge is 0.467 e. The molecule has 0 bridgehead atoms. The van der Waals surface area contributed by atoms with Crippen molar-refractivity contribution in [2.45, 2.75) is 13.0 Å². The van der Waals surface area contributed by atoms with Crippen molar-refractivity contribution in [3.05, 3.63) is 59.3 Å². The van der Waals surface area contributed by atoms with Crippen molar-refractivity contribution in [3.63, 3.8) is 0 Å². The fourth-order valence-corrected chi connectivity index (χ4v) is 2.82. The van der Waals surface area contributed by atoms with Crippen molar-refractivity contribution in [1.82, 2.24) is 19.9 Å². The highest BCUT2D eigenvalue weighted by Gasteiger charge is 2.17. The highest BCUT2D eigenvalue weighted by molar-refractivity contribution is 5.94. The van der Waals surface area contributed by atoms with Gasteiger partial charge in [-0.2, -0.15) is 0 Å². The lowest BCUT2D eigenvalue weighted by atomic mass is 10.1. The predicted octanol–water partition coefficient (Wildman–Crippen LogP) is 1.71. The number of rotatable bonds is 4. The molecule has 0 unspecified atom stereocenters. The van der Waals surface area contributed by atoms with Gasteiger partial charge in [0.05, 0.1) is 12.2 Å². The number of nitrogens with zero attached hydrogens (tertiary/aromatic N) is 3. The minimum atomic E-state index is -0.341. The molecule has 0 saturated heterocycles. The normalized spacial score (nSPS) is 13.3. The van der Waals surface area contributed by atoms with E-state index in [-0.39, 0.29) is 18.5 Å². The Morgan fingerprint density at radius 1 is 1.36 bits per heavy atom. The molecule has 8 heteroatoms. The van der Waals surface area contributed by atoms with E-state index in [4.69, 9.17) is 9.47 Å². The molecule has 3 aromatic rings. The van der Waals surface area contributed by atoms with Gasteiger partial charge in [0, 0.05) is 18.3 Å². The average molecular weight is 342 g/mol. The highest BCUT2D eigenvalue weighted by atomic mass is 19.1. The standard InChI is InChI=1S/C17H15FN4O3/c18-14-5-11(16-13(6-14)8-24-10-25-16)3-4-19-17(23)12-1-2-15-21-20-9-22(15)7-12/h1-2,5-7,9H,3-4,8,10H2,(H,19,23). The number of carbonyl (C=O) groups excluding carboxylic acids is 1. The molecule has 1 N–H and O–H groups in total. The Morgan fingerprint density at radius 3 is 3.20 bits per heavy atom. The monoisotopic (exact) mass is 342 g/mol. The summed E-state index contributed by atoms with van der Waals surface area (Å²) in [4.78, 5) is 12.3. The Morgan fingerprint density at radius 2 is 2.28 bits per heavy atom. The van der Waals surface area contributed by atoms with Gasteiger partial charge < -0.3 is 14.8 Å². The van der Waals surface area contributed by atoms with Gasteiger partial charge in [0.2, 0.25) is 0 Å². The molecule has 2 aromatic heterocycles. The second-order valence-corrected chi connectivity index (χ2v) is 5.68. The molecular weight excluding hydrogens is 327 g/mol. The van der Waals surface area contributed by atoms with Crippen LogP contribution in [0.1, 0.15) is 21.5 Å². The van der Waals surface area contributed by atoms with Gasteiger partial charge in [0.1, 0.15) is 17.9 Å². The Kier molecular flexibility index (Phi) is 4.02. The Labute approximate surface area is 142 Å². The summed E-state index contributed by atoms with van der Waals surface area (Å²) in [7, 11) is 0. The molecule has 128 valence electrons. The molecule has 4 rings (SSSR count). The number of ether oxygens (including phenoxy) is 2. The fourth-order valence-electron chi connectivity index (χ4n) is 2.82. The van der Waals surface area contributed by atoms with Gasteiger partial charge in [-0.15, -0.1) is 10.2 Å². The van der Waals surface area contributed by atoms with Gasteiger partial charge in [-0.3, -0.25) is 9.20 Å². The van der Waals surface area contributed by atoms with Crippen molar-refractivity contribution in [1.29, 1.82) is 0 Å². The minimum Gasteiger partial charge on any atom is -0.467 e. The number of nitrogens with one attached hydrogen (secondary N) is 1. The number of fused-ring (bicyclic) bond motifs is 2. The average Bonchev–Trinajstić information content (AvgIpc) is 3.09. The molecule has 1 aromatic carbocycles. The van der Waals surface area contributed by atoms with E-state index in [1.54, 1.807) is 22.7 Å². The summed E-state index contributed by atoms with van der Waals surface area (Å²) in [5.41, 5.74) is 2.57. The second kappa shape index (κ2) is 6.48. The number of benzene rings is 1. The van der Waals surface area contributed by atoms with Crippen LogP contribution in [0.5, 0.6) is 5.75 Å². The third-order valence-corrected chi connectivity index (χ3v) is 3.98. The van der Waals surface area contributed by atoms with Crippen LogP contribution < -0.4 is 10.1 Å². The van der Waals surface area contributed by atoms with Crippen LogP contribution in [0.15, 0.2) is 36.8 Å². The number of aromatic nitrogens is 3. The van der Waals surface area contributed by atoms with Gasteiger partial charge in [-0.1, -0.05) is 0 Å². The second-order valence-electron chi connectivity index (χ2n) is 5.68. The predicted molar refractivity (Wildman–Crippen MR) is 85.7 cm³/mol. The van der Waals surface area contributed by atoms with E-state index < -0.39 is 0 Å². The first-order chi connectivity index (χ1) is 12.2. The van der Waals surface area contributed by atoms with E-state index in [0.29, 0.717) is 47.7 Å². The van der Waals surface area contributed by atoms with Gasteiger partial charge in [-0.25, -0.2) is 4.39 Å². The van der Waals surface area contributed by atoms with Crippen LogP contribution in [0.25, 0.3) is 5.65 Å². The van der Waals surface area contributed by atoms with Gasteiger partial charge >= 0.3 is 0 Å². The van der Waals surface area contributed by atoms with Crippen LogP contribution in [-0.2, 0) is 17.8 Å². The maximum Gasteiger partial charge on any atom is 0.252 e. The Bertz CT molecular complexity index is 941. The molecular formula is C17H15FN4O3. The summed E-state index contributed by atoms with van der Waals surface area (Å²) in [6.07, 6.45) is 3.65. The molecule has 0 spiro atoms. The lowest BCUT2D eigenvalue weighted by molar-refractivity contribution is -0.0172. The summed E-state index contributed by atoms with van der Waals surface area (Å²) >= 11 is 0. The van der Waals surface area contributed by atoms with Crippen LogP contribution in [0, 0.1) is 5.82 Å². The van der Waals surface area contributed by atoms with Gasteiger partial charge in [0.15, 0.2) is 12.4 Å². The molecule has 1 aliphatic rings. The van der Waals surface area contributed by atoms with E-state index in [1.807, 2.05) is 0 Å². The summed E-state index contributed by atoms with van der Waals surface area (Å²) in [6.45, 7) is 0.835. The smallest absolute Gasteiger partial charge is 0.252 e. The summed E-state index contributed by atoms with van der Waals surface area (Å²) in [6, 6.07) is 6.24. The first-order valence-electron chi connectivity index (χ1n) is 7.80. The highest BCUT2D eigenvalue weighted by Crippen LogP contribution is 2.29. The molecule has 0 radical (unpaired) electrons. The molecule has 1 aliphatic heterocycles. The van der Waals surface area contributed by atoms with Gasteiger partial charge in [0.25, 0.3) is 5.91 Å². The van der Waals surface area contributed by atoms with Crippen molar-refractivity contribution >= 4 is 11.6 Å². The minimum absolute atomic E-state index is 0.150. The zero-order valence-corrected chi connectivity index (χ0v) is 13.2. The summed E-state index contributed by atoms with van der Waals surface area (Å²) in [5.74, 6) is 0.0881. The SMILES string of the molecule is O=C(NCCc1cc(F)cc2c1OCOC2)c1ccc2nncn2c1. The summed E-state index contributed by atoms with van der Waals surface area (Å²) < 4.78 is 26.0. The Hall–Kier alpha value is -3.00. The van der Waals surface area contributed by atoms with E-state index in [1.165, 1.54) is 18.5 Å². The number of halogens is 1.